The van der Waals surface area contributed by atoms with Gasteiger partial charge in [0.25, 0.3) is 0 Å². The van der Waals surface area contributed by atoms with Crippen molar-refractivity contribution in [2.75, 3.05) is 0 Å². The highest BCUT2D eigenvalue weighted by molar-refractivity contribution is 5.95. The predicted molar refractivity (Wildman–Crippen MR) is 91.7 cm³/mol. The minimum absolute atomic E-state index is 0.216. The Morgan fingerprint density at radius 2 is 1.77 bits per heavy atom. The second kappa shape index (κ2) is 8.33. The number of primary amides is 1. The first kappa shape index (κ1) is 19.2. The number of amides is 2. The van der Waals surface area contributed by atoms with E-state index in [0.29, 0.717) is 0 Å². The number of benzene rings is 2. The molecular weight excluding hydrogens is 345 g/mol. The van der Waals surface area contributed by atoms with E-state index in [9.17, 15) is 22.8 Å². The molecule has 0 aliphatic rings. The van der Waals surface area contributed by atoms with Gasteiger partial charge < -0.3 is 11.1 Å². The summed E-state index contributed by atoms with van der Waals surface area (Å²) in [5.74, 6) is -1.32. The number of halogens is 3. The Labute approximate surface area is 148 Å². The number of hydrogen-bond donors (Lipinski definition) is 2. The maximum atomic E-state index is 12.7. The summed E-state index contributed by atoms with van der Waals surface area (Å²) in [6.45, 7) is 0. The molecule has 0 radical (unpaired) electrons. The van der Waals surface area contributed by atoms with Crippen molar-refractivity contribution in [3.05, 3.63) is 77.4 Å². The third-order valence-electron chi connectivity index (χ3n) is 3.58. The van der Waals surface area contributed by atoms with Crippen LogP contribution < -0.4 is 11.1 Å². The lowest BCUT2D eigenvalue weighted by atomic mass is 10.1. The average molecular weight is 362 g/mol. The Hall–Kier alpha value is -3.09. The van der Waals surface area contributed by atoms with Gasteiger partial charge in [-0.15, -0.1) is 0 Å². The second-order valence-corrected chi connectivity index (χ2v) is 5.61. The van der Waals surface area contributed by atoms with Crippen LogP contribution >= 0.6 is 0 Å². The number of nitrogens with two attached hydrogens (primary N) is 1. The Bertz CT molecular complexity index is 802. The van der Waals surface area contributed by atoms with Gasteiger partial charge in [-0.05, 0) is 29.3 Å². The first-order valence-electron chi connectivity index (χ1n) is 7.75. The lowest BCUT2D eigenvalue weighted by Crippen LogP contribution is -2.45. The molecule has 0 fully saturated rings. The van der Waals surface area contributed by atoms with Crippen molar-refractivity contribution in [2.24, 2.45) is 5.73 Å². The van der Waals surface area contributed by atoms with Gasteiger partial charge in [-0.25, -0.2) is 0 Å². The molecule has 0 aliphatic heterocycles. The molecule has 7 heteroatoms. The summed E-state index contributed by atoms with van der Waals surface area (Å²) in [5.41, 5.74) is 5.53. The predicted octanol–water partition coefficient (Wildman–Crippen LogP) is 2.93. The highest BCUT2D eigenvalue weighted by atomic mass is 19.4. The van der Waals surface area contributed by atoms with Crippen molar-refractivity contribution in [3.63, 3.8) is 0 Å². The molecule has 0 saturated carbocycles. The van der Waals surface area contributed by atoms with E-state index < -0.39 is 29.6 Å². The summed E-state index contributed by atoms with van der Waals surface area (Å²) in [5, 5.41) is 2.46. The van der Waals surface area contributed by atoms with E-state index in [1.165, 1.54) is 18.2 Å². The molecule has 1 unspecified atom stereocenters. The molecule has 3 N–H and O–H groups in total. The number of carbonyl (C=O) groups is 2. The molecule has 0 heterocycles. The molecule has 2 rings (SSSR count). The average Bonchev–Trinajstić information content (AvgIpc) is 2.60. The van der Waals surface area contributed by atoms with Crippen LogP contribution in [0.4, 0.5) is 13.2 Å². The van der Waals surface area contributed by atoms with Gasteiger partial charge in [-0.2, -0.15) is 13.2 Å². The minimum atomic E-state index is -4.46. The highest BCUT2D eigenvalue weighted by Crippen LogP contribution is 2.29. The van der Waals surface area contributed by atoms with Crippen LogP contribution in [-0.4, -0.2) is 17.9 Å². The van der Waals surface area contributed by atoms with Crippen LogP contribution in [0.1, 0.15) is 16.7 Å². The highest BCUT2D eigenvalue weighted by Gasteiger charge is 2.30. The summed E-state index contributed by atoms with van der Waals surface area (Å²) in [7, 11) is 0. The molecule has 0 aromatic heterocycles. The normalized spacial score (nSPS) is 12.7. The Morgan fingerprint density at radius 1 is 1.08 bits per heavy atom. The van der Waals surface area contributed by atoms with E-state index in [0.717, 1.165) is 23.8 Å². The van der Waals surface area contributed by atoms with Crippen molar-refractivity contribution < 1.29 is 22.8 Å². The molecule has 1 atom stereocenters. The van der Waals surface area contributed by atoms with Crippen molar-refractivity contribution >= 4 is 17.9 Å². The van der Waals surface area contributed by atoms with Crippen molar-refractivity contribution in [1.82, 2.24) is 5.32 Å². The summed E-state index contributed by atoms with van der Waals surface area (Å²) >= 11 is 0. The van der Waals surface area contributed by atoms with Crippen molar-refractivity contribution in [1.29, 1.82) is 0 Å². The minimum Gasteiger partial charge on any atom is -0.368 e. The number of nitrogens with one attached hydrogen (secondary N) is 1. The van der Waals surface area contributed by atoms with Gasteiger partial charge in [-0.3, -0.25) is 9.59 Å². The third-order valence-corrected chi connectivity index (χ3v) is 3.58. The van der Waals surface area contributed by atoms with E-state index in [4.69, 9.17) is 5.73 Å². The van der Waals surface area contributed by atoms with Crippen LogP contribution in [-0.2, 0) is 22.2 Å². The van der Waals surface area contributed by atoms with Gasteiger partial charge in [0.2, 0.25) is 11.8 Å². The SMILES string of the molecule is NC(=O)C(Cc1ccccc1)NC(=O)/C=C/c1cccc(C(F)(F)F)c1. The van der Waals surface area contributed by atoms with Gasteiger partial charge in [-0.1, -0.05) is 42.5 Å². The van der Waals surface area contributed by atoms with E-state index in [2.05, 4.69) is 5.32 Å². The van der Waals surface area contributed by atoms with Gasteiger partial charge in [0.15, 0.2) is 0 Å². The monoisotopic (exact) mass is 362 g/mol. The standard InChI is InChI=1S/C19H17F3N2O2/c20-19(21,22)15-8-4-7-14(11-15)9-10-17(25)24-16(18(23)26)12-13-5-2-1-3-6-13/h1-11,16H,12H2,(H2,23,26)(H,24,25)/b10-9+. The molecule has 2 aromatic rings. The van der Waals surface area contributed by atoms with E-state index in [-0.39, 0.29) is 12.0 Å². The summed E-state index contributed by atoms with van der Waals surface area (Å²) in [6, 6.07) is 12.6. The molecule has 4 nitrogen and oxygen atoms in total. The number of carbonyl (C=O) groups excluding carboxylic acids is 2. The molecule has 0 aliphatic carbocycles. The van der Waals surface area contributed by atoms with Gasteiger partial charge >= 0.3 is 6.18 Å². The Balaban J connectivity index is 2.04. The lowest BCUT2D eigenvalue weighted by Gasteiger charge is -2.14. The van der Waals surface area contributed by atoms with E-state index >= 15 is 0 Å². The lowest BCUT2D eigenvalue weighted by molar-refractivity contribution is -0.137. The Morgan fingerprint density at radius 3 is 2.38 bits per heavy atom. The fourth-order valence-electron chi connectivity index (χ4n) is 2.28. The molecule has 0 spiro atoms. The number of rotatable bonds is 6. The Kier molecular flexibility index (Phi) is 6.16. The number of alkyl halides is 3. The van der Waals surface area contributed by atoms with Crippen molar-refractivity contribution in [2.45, 2.75) is 18.6 Å². The van der Waals surface area contributed by atoms with E-state index in [1.807, 2.05) is 6.07 Å². The zero-order valence-electron chi connectivity index (χ0n) is 13.7. The topological polar surface area (TPSA) is 72.2 Å². The van der Waals surface area contributed by atoms with Crippen LogP contribution in [0.15, 0.2) is 60.7 Å². The van der Waals surface area contributed by atoms with Crippen LogP contribution in [0.25, 0.3) is 6.08 Å². The zero-order valence-corrected chi connectivity index (χ0v) is 13.7. The smallest absolute Gasteiger partial charge is 0.368 e. The third kappa shape index (κ3) is 5.77. The second-order valence-electron chi connectivity index (χ2n) is 5.61. The first-order valence-corrected chi connectivity index (χ1v) is 7.75. The maximum absolute atomic E-state index is 12.7. The van der Waals surface area contributed by atoms with Crippen LogP contribution in [0.5, 0.6) is 0 Å². The summed E-state index contributed by atoms with van der Waals surface area (Å²) < 4.78 is 38.0. The molecule has 136 valence electrons. The molecule has 0 saturated heterocycles. The van der Waals surface area contributed by atoms with E-state index in [1.54, 1.807) is 24.3 Å². The summed E-state index contributed by atoms with van der Waals surface area (Å²) in [4.78, 5) is 23.5. The molecule has 2 aromatic carbocycles. The molecule has 0 bridgehead atoms. The summed E-state index contributed by atoms with van der Waals surface area (Å²) in [6.07, 6.45) is -1.93. The molecular formula is C19H17F3N2O2. The molecule has 26 heavy (non-hydrogen) atoms. The first-order chi connectivity index (χ1) is 12.3. The maximum Gasteiger partial charge on any atom is 0.416 e. The number of hydrogen-bond acceptors (Lipinski definition) is 2. The van der Waals surface area contributed by atoms with Crippen LogP contribution in [0.2, 0.25) is 0 Å². The fraction of sp³-hybridized carbons (Fsp3) is 0.158. The largest absolute Gasteiger partial charge is 0.416 e. The van der Waals surface area contributed by atoms with Gasteiger partial charge in [0.1, 0.15) is 6.04 Å². The van der Waals surface area contributed by atoms with Crippen LogP contribution in [0.3, 0.4) is 0 Å². The fourth-order valence-corrected chi connectivity index (χ4v) is 2.28. The zero-order chi connectivity index (χ0) is 19.2. The molecule has 2 amide bonds. The van der Waals surface area contributed by atoms with Crippen molar-refractivity contribution in [3.8, 4) is 0 Å². The quantitative estimate of drug-likeness (QED) is 0.776. The van der Waals surface area contributed by atoms with Gasteiger partial charge in [0.05, 0.1) is 5.56 Å². The van der Waals surface area contributed by atoms with Crippen LogP contribution in [0, 0.1) is 0 Å². The van der Waals surface area contributed by atoms with Gasteiger partial charge in [0, 0.05) is 12.5 Å².